The maximum atomic E-state index is 13.6. The normalized spacial score (nSPS) is 22.3. The van der Waals surface area contributed by atoms with Gasteiger partial charge in [0.25, 0.3) is 0 Å². The molecule has 2 N–H and O–H groups in total. The monoisotopic (exact) mass is 386 g/mol. The molecule has 0 amide bonds. The number of hydrogen-bond acceptors (Lipinski definition) is 7. The van der Waals surface area contributed by atoms with E-state index in [1.54, 1.807) is 6.92 Å². The third kappa shape index (κ3) is 3.50. The Kier molecular flexibility index (Phi) is 4.42. The predicted octanol–water partition coefficient (Wildman–Crippen LogP) is 2.94. The number of imidazole rings is 1. The maximum absolute atomic E-state index is 13.6. The van der Waals surface area contributed by atoms with Gasteiger partial charge in [-0.1, -0.05) is 0 Å². The minimum Gasteiger partial charge on any atom is -0.390 e. The molecule has 0 aliphatic heterocycles. The zero-order chi connectivity index (χ0) is 19.9. The van der Waals surface area contributed by atoms with E-state index in [9.17, 15) is 19.6 Å². The first kappa shape index (κ1) is 18.2. The number of aromatic nitrogens is 4. The summed E-state index contributed by atoms with van der Waals surface area (Å²) in [5.74, 6) is -0.136. The Hall–Kier alpha value is -3.14. The minimum atomic E-state index is -0.707. The highest BCUT2D eigenvalue weighted by atomic mass is 19.1. The number of nitrogens with zero attached hydrogens (tertiary/aromatic N) is 5. The smallest absolute Gasteiger partial charge is 0.329 e. The average Bonchev–Trinajstić information content (AvgIpc) is 3.06. The van der Waals surface area contributed by atoms with Gasteiger partial charge in [0.05, 0.1) is 16.7 Å². The molecule has 1 aliphatic carbocycles. The van der Waals surface area contributed by atoms with Crippen LogP contribution in [0.4, 0.5) is 15.9 Å². The Morgan fingerprint density at radius 1 is 1.32 bits per heavy atom. The second kappa shape index (κ2) is 6.79. The standard InChI is InChI=1S/C18H19FN6O3/c1-18(26)6-4-12(5-7-18)22-17-14(25(27)28)9-21-16(23-17)13-8-20-15-3-2-11(19)10-24(13)15/h2-3,8-10,12,26H,4-7H2,1H3,(H,21,22,23)/t12-,18-. The molecule has 1 saturated carbocycles. The topological polar surface area (TPSA) is 118 Å². The van der Waals surface area contributed by atoms with E-state index in [1.807, 2.05) is 0 Å². The SMILES string of the molecule is C[C@]1(O)CC[C@H](Nc2nc(-c3cnc4ccc(F)cn34)ncc2[N+](=O)[O-])CC1. The van der Waals surface area contributed by atoms with Crippen LogP contribution in [0.2, 0.25) is 0 Å². The molecule has 0 radical (unpaired) electrons. The van der Waals surface area contributed by atoms with E-state index in [2.05, 4.69) is 20.3 Å². The molecule has 0 unspecified atom stereocenters. The second-order valence-electron chi connectivity index (χ2n) is 7.32. The fraction of sp³-hybridized carbons (Fsp3) is 0.389. The van der Waals surface area contributed by atoms with Crippen LogP contribution in [0.25, 0.3) is 17.2 Å². The van der Waals surface area contributed by atoms with Crippen LogP contribution in [0.3, 0.4) is 0 Å². The Balaban J connectivity index is 1.69. The van der Waals surface area contributed by atoms with Gasteiger partial charge in [-0.25, -0.2) is 19.3 Å². The van der Waals surface area contributed by atoms with Gasteiger partial charge in [0.2, 0.25) is 5.82 Å². The molecule has 3 aromatic rings. The number of nitro groups is 1. The van der Waals surface area contributed by atoms with Crippen LogP contribution in [0.15, 0.2) is 30.7 Å². The summed E-state index contributed by atoms with van der Waals surface area (Å²) in [6.07, 6.45) is 6.44. The van der Waals surface area contributed by atoms with Gasteiger partial charge in [-0.05, 0) is 44.7 Å². The zero-order valence-electron chi connectivity index (χ0n) is 15.2. The molecule has 4 rings (SSSR count). The van der Waals surface area contributed by atoms with Gasteiger partial charge >= 0.3 is 5.69 Å². The summed E-state index contributed by atoms with van der Waals surface area (Å²) < 4.78 is 15.1. The molecule has 1 aliphatic rings. The zero-order valence-corrected chi connectivity index (χ0v) is 15.2. The first-order valence-corrected chi connectivity index (χ1v) is 8.96. The first-order valence-electron chi connectivity index (χ1n) is 8.96. The van der Waals surface area contributed by atoms with Crippen LogP contribution in [0.5, 0.6) is 0 Å². The molecule has 3 aromatic heterocycles. The van der Waals surface area contributed by atoms with Crippen LogP contribution in [-0.2, 0) is 0 Å². The van der Waals surface area contributed by atoms with Crippen LogP contribution < -0.4 is 5.32 Å². The number of aliphatic hydroxyl groups is 1. The molecule has 0 atom stereocenters. The molecule has 146 valence electrons. The maximum Gasteiger partial charge on any atom is 0.329 e. The van der Waals surface area contributed by atoms with Crippen molar-refractivity contribution in [3.05, 3.63) is 46.7 Å². The van der Waals surface area contributed by atoms with Gasteiger partial charge in [0, 0.05) is 12.2 Å². The Bertz CT molecular complexity index is 1040. The van der Waals surface area contributed by atoms with Gasteiger partial charge in [0.1, 0.15) is 23.4 Å². The minimum absolute atomic E-state index is 0.0405. The van der Waals surface area contributed by atoms with Crippen molar-refractivity contribution in [2.24, 2.45) is 0 Å². The molecule has 28 heavy (non-hydrogen) atoms. The molecule has 0 aromatic carbocycles. The Morgan fingerprint density at radius 3 is 2.79 bits per heavy atom. The summed E-state index contributed by atoms with van der Waals surface area (Å²) in [6.45, 7) is 1.79. The van der Waals surface area contributed by atoms with Gasteiger partial charge in [-0.3, -0.25) is 14.5 Å². The summed E-state index contributed by atoms with van der Waals surface area (Å²) in [5, 5.41) is 24.6. The van der Waals surface area contributed by atoms with Gasteiger partial charge in [-0.2, -0.15) is 0 Å². The van der Waals surface area contributed by atoms with E-state index in [0.29, 0.717) is 37.0 Å². The van der Waals surface area contributed by atoms with Crippen molar-refractivity contribution in [2.75, 3.05) is 5.32 Å². The highest BCUT2D eigenvalue weighted by Gasteiger charge is 2.30. The van der Waals surface area contributed by atoms with Crippen molar-refractivity contribution in [1.82, 2.24) is 19.4 Å². The Labute approximate surface area is 159 Å². The van der Waals surface area contributed by atoms with Crippen molar-refractivity contribution >= 4 is 17.2 Å². The van der Waals surface area contributed by atoms with Crippen molar-refractivity contribution in [1.29, 1.82) is 0 Å². The summed E-state index contributed by atoms with van der Waals surface area (Å²) in [5.41, 5.74) is 0.00382. The number of anilines is 1. The van der Waals surface area contributed by atoms with Crippen molar-refractivity contribution in [3.63, 3.8) is 0 Å². The van der Waals surface area contributed by atoms with Crippen LogP contribution in [0.1, 0.15) is 32.6 Å². The molecular formula is C18H19FN6O3. The lowest BCUT2D eigenvalue weighted by Gasteiger charge is -2.33. The quantitative estimate of drug-likeness (QED) is 0.523. The number of rotatable bonds is 4. The lowest BCUT2D eigenvalue weighted by atomic mass is 9.84. The highest BCUT2D eigenvalue weighted by Crippen LogP contribution is 2.32. The third-order valence-corrected chi connectivity index (χ3v) is 5.07. The molecule has 0 spiro atoms. The third-order valence-electron chi connectivity index (χ3n) is 5.07. The van der Waals surface area contributed by atoms with Crippen LogP contribution >= 0.6 is 0 Å². The van der Waals surface area contributed by atoms with E-state index in [4.69, 9.17) is 0 Å². The van der Waals surface area contributed by atoms with Crippen molar-refractivity contribution in [3.8, 4) is 11.5 Å². The predicted molar refractivity (Wildman–Crippen MR) is 99.3 cm³/mol. The summed E-state index contributed by atoms with van der Waals surface area (Å²) in [7, 11) is 0. The average molecular weight is 386 g/mol. The number of halogens is 1. The lowest BCUT2D eigenvalue weighted by molar-refractivity contribution is -0.384. The lowest BCUT2D eigenvalue weighted by Crippen LogP contribution is -2.36. The number of fused-ring (bicyclic) bond motifs is 1. The largest absolute Gasteiger partial charge is 0.390 e. The molecule has 9 nitrogen and oxygen atoms in total. The molecule has 0 saturated heterocycles. The Morgan fingerprint density at radius 2 is 2.07 bits per heavy atom. The number of pyridine rings is 1. The molecular weight excluding hydrogens is 367 g/mol. The fourth-order valence-corrected chi connectivity index (χ4v) is 3.44. The van der Waals surface area contributed by atoms with E-state index >= 15 is 0 Å². The highest BCUT2D eigenvalue weighted by molar-refractivity contribution is 5.63. The van der Waals surface area contributed by atoms with E-state index < -0.39 is 16.3 Å². The molecule has 10 heteroatoms. The molecule has 0 bridgehead atoms. The molecule has 1 fully saturated rings. The van der Waals surface area contributed by atoms with E-state index in [0.717, 1.165) is 6.20 Å². The van der Waals surface area contributed by atoms with E-state index in [1.165, 1.54) is 28.9 Å². The van der Waals surface area contributed by atoms with Gasteiger partial charge in [-0.15, -0.1) is 0 Å². The summed E-state index contributed by atoms with van der Waals surface area (Å²) >= 11 is 0. The van der Waals surface area contributed by atoms with Gasteiger partial charge in [0.15, 0.2) is 5.82 Å². The summed E-state index contributed by atoms with van der Waals surface area (Å²) in [6, 6.07) is 2.78. The van der Waals surface area contributed by atoms with Crippen molar-refractivity contribution < 1.29 is 14.4 Å². The second-order valence-corrected chi connectivity index (χ2v) is 7.32. The first-order chi connectivity index (χ1) is 13.3. The molecule has 3 heterocycles. The van der Waals surface area contributed by atoms with Crippen molar-refractivity contribution in [2.45, 2.75) is 44.2 Å². The van der Waals surface area contributed by atoms with E-state index in [-0.39, 0.29) is 23.4 Å². The summed E-state index contributed by atoms with van der Waals surface area (Å²) in [4.78, 5) is 23.5. The fourth-order valence-electron chi connectivity index (χ4n) is 3.44. The van der Waals surface area contributed by atoms with Crippen LogP contribution in [0, 0.1) is 15.9 Å². The van der Waals surface area contributed by atoms with Crippen LogP contribution in [-0.4, -0.2) is 41.0 Å². The number of hydrogen-bond donors (Lipinski definition) is 2. The van der Waals surface area contributed by atoms with Gasteiger partial charge < -0.3 is 10.4 Å². The number of nitrogens with one attached hydrogen (secondary N) is 1.